The molecule has 0 unspecified atom stereocenters. The average Bonchev–Trinajstić information content (AvgIpc) is 4.07. The Kier molecular flexibility index (Phi) is 12.1. The van der Waals surface area contributed by atoms with Crippen LogP contribution in [0.1, 0.15) is 102 Å². The fraction of sp³-hybridized carbons (Fsp3) is 0.413. The molecule has 2 aliphatic heterocycles. The van der Waals surface area contributed by atoms with E-state index >= 15 is 0 Å². The molecule has 4 N–H and O–H groups in total. The van der Waals surface area contributed by atoms with Gasteiger partial charge in [0.25, 0.3) is 0 Å². The predicted molar refractivity (Wildman–Crippen MR) is 225 cm³/mol. The highest BCUT2D eigenvalue weighted by Gasteiger charge is 2.40. The minimum absolute atomic E-state index is 0.0533. The number of amides is 3. The number of hydrogen-bond acceptors (Lipinski definition) is 7. The highest BCUT2D eigenvalue weighted by atomic mass is 16.6. The van der Waals surface area contributed by atoms with Crippen LogP contribution < -0.4 is 5.73 Å². The van der Waals surface area contributed by atoms with Crippen LogP contribution in [0, 0.1) is 5.92 Å². The van der Waals surface area contributed by atoms with Gasteiger partial charge in [-0.2, -0.15) is 0 Å². The lowest BCUT2D eigenvalue weighted by molar-refractivity contribution is -0.139. The SMILES string of the molecule is CCN(CC)[C@@H](C(=O)N1CCC[C@H]1c1ncc(-c2ccc(-c3ccc(-c4cnc([C@@H]5CCCN5C(=O)C[C@@](C)(OC(N)=O)C(C)C)[nH]4)cc3)cc2)[nH]1)c1ccccc1. The van der Waals surface area contributed by atoms with Crippen LogP contribution in [-0.2, 0) is 14.3 Å². The number of H-pyrrole nitrogens is 2. The number of likely N-dealkylation sites (tertiary alicyclic amines) is 2. The second-order valence-electron chi connectivity index (χ2n) is 16.1. The summed E-state index contributed by atoms with van der Waals surface area (Å²) in [5.41, 5.74) is 11.4. The third kappa shape index (κ3) is 8.43. The summed E-state index contributed by atoms with van der Waals surface area (Å²) in [4.78, 5) is 61.9. The highest BCUT2D eigenvalue weighted by Crippen LogP contribution is 2.37. The van der Waals surface area contributed by atoms with E-state index in [0.717, 1.165) is 89.6 Å². The van der Waals surface area contributed by atoms with Gasteiger partial charge in [-0.25, -0.2) is 14.8 Å². The molecular formula is C46H56N8O4. The van der Waals surface area contributed by atoms with E-state index in [9.17, 15) is 14.4 Å². The van der Waals surface area contributed by atoms with Crippen molar-refractivity contribution in [3.63, 3.8) is 0 Å². The van der Waals surface area contributed by atoms with Crippen LogP contribution in [0.3, 0.4) is 0 Å². The number of benzene rings is 3. The zero-order valence-corrected chi connectivity index (χ0v) is 34.3. The van der Waals surface area contributed by atoms with Crippen LogP contribution in [-0.4, -0.2) is 84.3 Å². The van der Waals surface area contributed by atoms with Crippen LogP contribution >= 0.6 is 0 Å². The molecule has 0 bridgehead atoms. The molecule has 3 amide bonds. The van der Waals surface area contributed by atoms with Gasteiger partial charge < -0.3 is 30.2 Å². The zero-order valence-electron chi connectivity index (χ0n) is 34.3. The monoisotopic (exact) mass is 784 g/mol. The van der Waals surface area contributed by atoms with Gasteiger partial charge in [0, 0.05) is 13.1 Å². The normalized spacial score (nSPS) is 18.5. The van der Waals surface area contributed by atoms with Crippen LogP contribution in [0.2, 0.25) is 0 Å². The van der Waals surface area contributed by atoms with Gasteiger partial charge in [0.1, 0.15) is 23.3 Å². The van der Waals surface area contributed by atoms with Crippen molar-refractivity contribution in [3.8, 4) is 33.6 Å². The van der Waals surface area contributed by atoms with Crippen molar-refractivity contribution in [2.75, 3.05) is 26.2 Å². The van der Waals surface area contributed by atoms with Crippen LogP contribution in [0.25, 0.3) is 33.6 Å². The summed E-state index contributed by atoms with van der Waals surface area (Å²) >= 11 is 0. The Morgan fingerprint density at radius 1 is 0.776 bits per heavy atom. The summed E-state index contributed by atoms with van der Waals surface area (Å²) in [5.74, 6) is 1.52. The Hall–Kier alpha value is -5.75. The summed E-state index contributed by atoms with van der Waals surface area (Å²) in [6.07, 6.45) is 6.35. The molecule has 3 aromatic carbocycles. The number of nitrogens with two attached hydrogens (primary N) is 1. The molecule has 58 heavy (non-hydrogen) atoms. The fourth-order valence-corrected chi connectivity index (χ4v) is 8.53. The van der Waals surface area contributed by atoms with Crippen LogP contribution in [0.4, 0.5) is 4.79 Å². The fourth-order valence-electron chi connectivity index (χ4n) is 8.53. The van der Waals surface area contributed by atoms with E-state index in [1.165, 1.54) is 0 Å². The third-order valence-electron chi connectivity index (χ3n) is 12.2. The number of ether oxygens (including phenoxy) is 1. The molecule has 2 aromatic heterocycles. The lowest BCUT2D eigenvalue weighted by atomic mass is 9.88. The molecule has 5 aromatic rings. The molecule has 304 valence electrons. The third-order valence-corrected chi connectivity index (χ3v) is 12.2. The van der Waals surface area contributed by atoms with Crippen molar-refractivity contribution in [1.82, 2.24) is 34.6 Å². The highest BCUT2D eigenvalue weighted by molar-refractivity contribution is 5.84. The van der Waals surface area contributed by atoms with E-state index < -0.39 is 11.7 Å². The molecule has 0 saturated carbocycles. The van der Waals surface area contributed by atoms with Gasteiger partial charge in [0.15, 0.2) is 0 Å². The molecule has 4 heterocycles. The number of hydrogen-bond donors (Lipinski definition) is 3. The molecule has 0 radical (unpaired) electrons. The van der Waals surface area contributed by atoms with Crippen LogP contribution in [0.15, 0.2) is 91.3 Å². The number of rotatable bonds is 14. The molecule has 4 atom stereocenters. The molecule has 12 heteroatoms. The number of aromatic amines is 2. The van der Waals surface area contributed by atoms with Gasteiger partial charge in [-0.05, 0) is 79.4 Å². The van der Waals surface area contributed by atoms with Crippen molar-refractivity contribution in [1.29, 1.82) is 0 Å². The number of nitrogens with zero attached hydrogens (tertiary/aromatic N) is 5. The van der Waals surface area contributed by atoms with Crippen molar-refractivity contribution in [2.45, 2.75) is 90.4 Å². The van der Waals surface area contributed by atoms with E-state index in [-0.39, 0.29) is 42.3 Å². The molecule has 2 fully saturated rings. The first kappa shape index (κ1) is 40.4. The second-order valence-corrected chi connectivity index (χ2v) is 16.1. The molecule has 2 saturated heterocycles. The quantitative estimate of drug-likeness (QED) is 0.102. The standard InChI is InChI=1S/C46H56N8O4/c1-6-52(7-2)41(35-13-9-8-10-14-35)44(56)54-26-12-16-39(54)43-49-29-37(51-43)34-23-19-32(20-24-34)31-17-21-33(22-18-31)36-28-48-42(50-36)38-15-11-25-53(38)40(55)27-46(5,30(3)4)58-45(47)57/h8-10,13-14,17-24,28-30,38-39,41H,6-7,11-12,15-16,25-27H2,1-5H3,(H2,47,57)(H,48,50)(H,49,51)/t38-,39-,41+,46+/m0/s1. The molecule has 2 aliphatic rings. The Balaban J connectivity index is 1.00. The summed E-state index contributed by atoms with van der Waals surface area (Å²) < 4.78 is 5.41. The smallest absolute Gasteiger partial charge is 0.405 e. The molecule has 12 nitrogen and oxygen atoms in total. The first-order chi connectivity index (χ1) is 28.0. The number of primary amides is 1. The minimum Gasteiger partial charge on any atom is -0.443 e. The topological polar surface area (TPSA) is 154 Å². The summed E-state index contributed by atoms with van der Waals surface area (Å²) in [6, 6.07) is 26.3. The molecule has 7 rings (SSSR count). The maximum absolute atomic E-state index is 14.2. The van der Waals surface area contributed by atoms with Gasteiger partial charge in [-0.1, -0.05) is 107 Å². The molecular weight excluding hydrogens is 729 g/mol. The first-order valence-electron chi connectivity index (χ1n) is 20.7. The van der Waals surface area contributed by atoms with Gasteiger partial charge in [0.2, 0.25) is 11.8 Å². The zero-order chi connectivity index (χ0) is 41.0. The van der Waals surface area contributed by atoms with E-state index in [1.807, 2.05) is 54.2 Å². The number of nitrogens with one attached hydrogen (secondary N) is 2. The maximum atomic E-state index is 14.2. The lowest BCUT2D eigenvalue weighted by Gasteiger charge is -2.34. The Morgan fingerprint density at radius 2 is 1.26 bits per heavy atom. The summed E-state index contributed by atoms with van der Waals surface area (Å²) in [5, 5.41) is 0. The van der Waals surface area contributed by atoms with Gasteiger partial charge in [0.05, 0.1) is 42.3 Å². The van der Waals surface area contributed by atoms with Gasteiger partial charge in [-0.15, -0.1) is 0 Å². The van der Waals surface area contributed by atoms with Crippen molar-refractivity contribution in [2.24, 2.45) is 11.7 Å². The first-order valence-corrected chi connectivity index (χ1v) is 20.7. The Labute approximate surface area is 341 Å². The number of aromatic nitrogens is 4. The van der Waals surface area contributed by atoms with E-state index in [0.29, 0.717) is 13.1 Å². The van der Waals surface area contributed by atoms with E-state index in [4.69, 9.17) is 20.4 Å². The van der Waals surface area contributed by atoms with Crippen molar-refractivity contribution >= 4 is 17.9 Å². The number of imidazole rings is 2. The second kappa shape index (κ2) is 17.4. The average molecular weight is 785 g/mol. The van der Waals surface area contributed by atoms with E-state index in [1.54, 1.807) is 6.92 Å². The van der Waals surface area contributed by atoms with Gasteiger partial charge in [-0.3, -0.25) is 14.5 Å². The predicted octanol–water partition coefficient (Wildman–Crippen LogP) is 8.44. The number of likely N-dealkylation sites (N-methyl/N-ethyl adjacent to an activating group) is 1. The van der Waals surface area contributed by atoms with Gasteiger partial charge >= 0.3 is 6.09 Å². The molecule has 0 spiro atoms. The van der Waals surface area contributed by atoms with Crippen molar-refractivity contribution in [3.05, 3.63) is 108 Å². The summed E-state index contributed by atoms with van der Waals surface area (Å²) in [6.45, 7) is 12.7. The lowest BCUT2D eigenvalue weighted by Crippen LogP contribution is -2.44. The van der Waals surface area contributed by atoms with E-state index in [2.05, 4.69) is 89.4 Å². The molecule has 0 aliphatic carbocycles. The number of carbonyl (C=O) groups excluding carboxylic acids is 3. The largest absolute Gasteiger partial charge is 0.443 e. The maximum Gasteiger partial charge on any atom is 0.405 e. The van der Waals surface area contributed by atoms with Crippen molar-refractivity contribution < 1.29 is 19.1 Å². The Morgan fingerprint density at radius 3 is 1.74 bits per heavy atom. The summed E-state index contributed by atoms with van der Waals surface area (Å²) in [7, 11) is 0. The Bertz CT molecular complexity index is 2180. The van der Waals surface area contributed by atoms with Crippen LogP contribution in [0.5, 0.6) is 0 Å². The number of carbonyl (C=O) groups is 3. The minimum atomic E-state index is -0.992.